The van der Waals surface area contributed by atoms with Gasteiger partial charge in [0.05, 0.1) is 0 Å². The maximum absolute atomic E-state index is 15.2. The number of fused-ring (bicyclic) bond motifs is 1. The Morgan fingerprint density at radius 2 is 1.47 bits per heavy atom. The van der Waals surface area contributed by atoms with E-state index in [2.05, 4.69) is 14.7 Å². The van der Waals surface area contributed by atoms with Crippen molar-refractivity contribution in [2.24, 2.45) is 0 Å². The van der Waals surface area contributed by atoms with Crippen LogP contribution in [-0.4, -0.2) is 30.3 Å². The van der Waals surface area contributed by atoms with Crippen LogP contribution in [0.2, 0.25) is 0 Å². The van der Waals surface area contributed by atoms with Crippen LogP contribution >= 0.6 is 0 Å². The zero-order valence-electron chi connectivity index (χ0n) is 20.8. The van der Waals surface area contributed by atoms with Gasteiger partial charge in [0, 0.05) is 37.9 Å². The number of rotatable bonds is 12. The molecule has 1 aromatic heterocycles. The summed E-state index contributed by atoms with van der Waals surface area (Å²) >= 11 is 0. The summed E-state index contributed by atoms with van der Waals surface area (Å²) in [6.45, 7) is -2.64. The van der Waals surface area contributed by atoms with Crippen molar-refractivity contribution < 1.29 is 31.4 Å². The highest BCUT2D eigenvalue weighted by Crippen LogP contribution is 2.27. The average Bonchev–Trinajstić information content (AvgIpc) is 2.90. The zero-order chi connectivity index (χ0) is 27.1. The van der Waals surface area contributed by atoms with Gasteiger partial charge in [-0.15, -0.1) is 0 Å². The number of nitrogens with zero attached hydrogens (tertiary/aromatic N) is 2. The summed E-state index contributed by atoms with van der Waals surface area (Å²) in [7, 11) is 1.67. The molecule has 4 aromatic rings. The molecule has 0 spiro atoms. The monoisotopic (exact) mass is 530 g/mol. The van der Waals surface area contributed by atoms with E-state index in [0.717, 1.165) is 47.3 Å². The molecule has 0 N–H and O–H groups in total. The van der Waals surface area contributed by atoms with Crippen LogP contribution in [0.15, 0.2) is 54.9 Å². The van der Waals surface area contributed by atoms with Crippen molar-refractivity contribution in [1.82, 2.24) is 9.97 Å². The molecule has 1 heterocycles. The number of hydrogen-bond acceptors (Lipinski definition) is 4. The topological polar surface area (TPSA) is 44.2 Å². The van der Waals surface area contributed by atoms with E-state index in [1.165, 1.54) is 0 Å². The molecule has 0 unspecified atom stereocenters. The van der Waals surface area contributed by atoms with Crippen molar-refractivity contribution in [2.75, 3.05) is 13.7 Å². The van der Waals surface area contributed by atoms with Crippen molar-refractivity contribution in [3.63, 3.8) is 0 Å². The Hall–Kier alpha value is -3.59. The van der Waals surface area contributed by atoms with E-state index in [-0.39, 0.29) is 18.4 Å². The van der Waals surface area contributed by atoms with Gasteiger partial charge in [-0.1, -0.05) is 30.3 Å². The first-order chi connectivity index (χ1) is 18.3. The lowest BCUT2D eigenvalue weighted by atomic mass is 9.98. The Morgan fingerprint density at radius 1 is 0.763 bits per heavy atom. The van der Waals surface area contributed by atoms with E-state index in [0.29, 0.717) is 30.4 Å². The summed E-state index contributed by atoms with van der Waals surface area (Å²) < 4.78 is 76.7. The van der Waals surface area contributed by atoms with Gasteiger partial charge in [-0.2, -0.15) is 8.78 Å². The molecule has 0 aliphatic heterocycles. The molecule has 0 aliphatic carbocycles. The van der Waals surface area contributed by atoms with Gasteiger partial charge in [0.15, 0.2) is 17.4 Å². The molecule has 0 saturated heterocycles. The quantitative estimate of drug-likeness (QED) is 0.149. The van der Waals surface area contributed by atoms with Crippen LogP contribution in [0.4, 0.5) is 22.0 Å². The van der Waals surface area contributed by atoms with Gasteiger partial charge >= 0.3 is 6.61 Å². The van der Waals surface area contributed by atoms with Crippen LogP contribution < -0.4 is 4.74 Å². The zero-order valence-corrected chi connectivity index (χ0v) is 20.8. The lowest BCUT2D eigenvalue weighted by molar-refractivity contribution is -0.0546. The lowest BCUT2D eigenvalue weighted by Gasteiger charge is -2.11. The van der Waals surface area contributed by atoms with Crippen LogP contribution in [0.25, 0.3) is 10.8 Å². The number of aromatic nitrogens is 2. The first kappa shape index (κ1) is 27.4. The summed E-state index contributed by atoms with van der Waals surface area (Å²) in [5.74, 6) is -3.24. The SMILES string of the molecule is COCCCc1cnc(CCc2ccc3c(F)c(CCc4cc(F)c(OC(F)F)c(F)c4)ccc3c2)nc1. The Labute approximate surface area is 217 Å². The summed E-state index contributed by atoms with van der Waals surface area (Å²) in [5.41, 5.74) is 2.69. The van der Waals surface area contributed by atoms with Gasteiger partial charge in [-0.3, -0.25) is 0 Å². The molecule has 0 radical (unpaired) electrons. The molecule has 200 valence electrons. The summed E-state index contributed by atoms with van der Waals surface area (Å²) in [5, 5.41) is 1.18. The van der Waals surface area contributed by atoms with Gasteiger partial charge in [0.25, 0.3) is 0 Å². The molecule has 0 atom stereocenters. The average molecular weight is 531 g/mol. The predicted octanol–water partition coefficient (Wildman–Crippen LogP) is 6.80. The second kappa shape index (κ2) is 12.8. The lowest BCUT2D eigenvalue weighted by Crippen LogP contribution is -2.06. The van der Waals surface area contributed by atoms with Crippen molar-refractivity contribution in [3.8, 4) is 5.75 Å². The molecular weight excluding hydrogens is 503 g/mol. The van der Waals surface area contributed by atoms with Crippen LogP contribution in [0.1, 0.15) is 34.5 Å². The molecule has 3 aromatic carbocycles. The standard InChI is InChI=1S/C29H27F5N2O2/c1-37-12-2-3-20-16-35-26(36-17-20)11-6-18-5-10-23-22(13-18)9-8-21(27(23)32)7-4-19-14-24(30)28(25(31)15-19)38-29(33)34/h5,8-10,13-17,29H,2-4,6-7,11-12H2,1H3. The van der Waals surface area contributed by atoms with Gasteiger partial charge < -0.3 is 9.47 Å². The summed E-state index contributed by atoms with van der Waals surface area (Å²) in [6.07, 6.45) is 7.10. The predicted molar refractivity (Wildman–Crippen MR) is 134 cm³/mol. The third kappa shape index (κ3) is 7.04. The largest absolute Gasteiger partial charge is 0.429 e. The number of methoxy groups -OCH3 is 1. The third-order valence-electron chi connectivity index (χ3n) is 6.26. The fourth-order valence-electron chi connectivity index (χ4n) is 4.29. The summed E-state index contributed by atoms with van der Waals surface area (Å²) in [4.78, 5) is 8.87. The number of hydrogen-bond donors (Lipinski definition) is 0. The Balaban J connectivity index is 1.39. The van der Waals surface area contributed by atoms with E-state index in [1.54, 1.807) is 19.2 Å². The Bertz CT molecular complexity index is 1360. The van der Waals surface area contributed by atoms with Gasteiger partial charge in [-0.05, 0) is 71.9 Å². The van der Waals surface area contributed by atoms with Crippen molar-refractivity contribution >= 4 is 10.8 Å². The van der Waals surface area contributed by atoms with E-state index < -0.39 is 29.8 Å². The van der Waals surface area contributed by atoms with Crippen LogP contribution in [0, 0.1) is 17.5 Å². The Kier molecular flexibility index (Phi) is 9.23. The first-order valence-corrected chi connectivity index (χ1v) is 12.3. The van der Waals surface area contributed by atoms with E-state index in [4.69, 9.17) is 4.74 Å². The van der Waals surface area contributed by atoms with Gasteiger partial charge in [0.2, 0.25) is 0 Å². The van der Waals surface area contributed by atoms with Gasteiger partial charge in [0.1, 0.15) is 11.6 Å². The molecule has 4 rings (SSSR count). The number of alkyl halides is 2. The van der Waals surface area contributed by atoms with Gasteiger partial charge in [-0.25, -0.2) is 23.1 Å². The number of benzene rings is 3. The third-order valence-corrected chi connectivity index (χ3v) is 6.26. The molecule has 0 fully saturated rings. The maximum atomic E-state index is 15.2. The minimum absolute atomic E-state index is 0.120. The molecular formula is C29H27F5N2O2. The smallest absolute Gasteiger partial charge is 0.387 e. The highest BCUT2D eigenvalue weighted by atomic mass is 19.3. The minimum atomic E-state index is -3.34. The van der Waals surface area contributed by atoms with Crippen molar-refractivity contribution in [1.29, 1.82) is 0 Å². The molecule has 4 nitrogen and oxygen atoms in total. The molecule has 0 bridgehead atoms. The number of halogens is 5. The molecule has 0 aliphatic rings. The molecule has 38 heavy (non-hydrogen) atoms. The highest BCUT2D eigenvalue weighted by Gasteiger charge is 2.17. The van der Waals surface area contributed by atoms with Crippen LogP contribution in [0.5, 0.6) is 5.75 Å². The first-order valence-electron chi connectivity index (χ1n) is 12.3. The molecule has 0 amide bonds. The van der Waals surface area contributed by atoms with Crippen LogP contribution in [-0.2, 0) is 36.8 Å². The maximum Gasteiger partial charge on any atom is 0.387 e. The van der Waals surface area contributed by atoms with E-state index in [9.17, 15) is 17.6 Å². The summed E-state index contributed by atoms with van der Waals surface area (Å²) in [6, 6.07) is 10.8. The van der Waals surface area contributed by atoms with Crippen LogP contribution in [0.3, 0.4) is 0 Å². The van der Waals surface area contributed by atoms with Crippen molar-refractivity contribution in [2.45, 2.75) is 45.1 Å². The molecule has 0 saturated carbocycles. The highest BCUT2D eigenvalue weighted by molar-refractivity contribution is 5.84. The minimum Gasteiger partial charge on any atom is -0.429 e. The number of aryl methyl sites for hydroxylation is 5. The second-order valence-electron chi connectivity index (χ2n) is 8.97. The second-order valence-corrected chi connectivity index (χ2v) is 8.97. The fourth-order valence-corrected chi connectivity index (χ4v) is 4.29. The van der Waals surface area contributed by atoms with Crippen molar-refractivity contribution in [3.05, 3.63) is 100 Å². The van der Waals surface area contributed by atoms with E-state index in [1.807, 2.05) is 30.6 Å². The number of ether oxygens (including phenoxy) is 2. The Morgan fingerprint density at radius 3 is 2.16 bits per heavy atom. The van der Waals surface area contributed by atoms with E-state index >= 15 is 4.39 Å². The normalized spacial score (nSPS) is 11.4. The molecule has 9 heteroatoms. The fraction of sp³-hybridized carbons (Fsp3) is 0.310.